The second kappa shape index (κ2) is 4.55. The lowest BCUT2D eigenvalue weighted by Gasteiger charge is -2.36. The largest absolute Gasteiger partial charge is 0.508 e. The highest BCUT2D eigenvalue weighted by Crippen LogP contribution is 2.53. The second-order valence-corrected chi connectivity index (χ2v) is 5.87. The number of phenolic OH excluding ortho intramolecular Hbond substituents is 1. The summed E-state index contributed by atoms with van der Waals surface area (Å²) in [5.41, 5.74) is 2.55. The summed E-state index contributed by atoms with van der Waals surface area (Å²) >= 11 is 0. The van der Waals surface area contributed by atoms with Crippen LogP contribution in [-0.4, -0.2) is 5.11 Å². The highest BCUT2D eigenvalue weighted by molar-refractivity contribution is 5.41. The van der Waals surface area contributed by atoms with Crippen molar-refractivity contribution in [1.82, 2.24) is 0 Å². The molecule has 1 heterocycles. The maximum absolute atomic E-state index is 9.46. The van der Waals surface area contributed by atoms with Crippen molar-refractivity contribution in [1.29, 1.82) is 0 Å². The van der Waals surface area contributed by atoms with E-state index < -0.39 is 0 Å². The minimum absolute atomic E-state index is 0.123. The number of para-hydroxylation sites is 1. The fraction of sp³-hybridized carbons (Fsp3) is 0.333. The first-order valence-corrected chi connectivity index (χ1v) is 7.37. The van der Waals surface area contributed by atoms with Gasteiger partial charge in [0, 0.05) is 5.92 Å². The van der Waals surface area contributed by atoms with Gasteiger partial charge in [-0.15, -0.1) is 0 Å². The van der Waals surface area contributed by atoms with Crippen molar-refractivity contribution in [3.63, 3.8) is 0 Å². The Bertz CT molecular complexity index is 618. The molecule has 1 saturated carbocycles. The summed E-state index contributed by atoms with van der Waals surface area (Å²) in [6.07, 6.45) is 3.89. The predicted octanol–water partition coefficient (Wildman–Crippen LogP) is 4.41. The van der Waals surface area contributed by atoms with E-state index in [1.807, 2.05) is 18.2 Å². The van der Waals surface area contributed by atoms with Crippen LogP contribution in [-0.2, 0) is 0 Å². The number of hydrogen-bond acceptors (Lipinski definition) is 2. The molecule has 0 aromatic heterocycles. The molecule has 102 valence electrons. The SMILES string of the molecule is Oc1ccc([C@@H]2Oc3ccccc3[C@@H]3CCC[C@@H]32)cc1. The molecule has 20 heavy (non-hydrogen) atoms. The number of phenols is 1. The van der Waals surface area contributed by atoms with Crippen LogP contribution in [0.15, 0.2) is 48.5 Å². The molecule has 1 fully saturated rings. The summed E-state index contributed by atoms with van der Waals surface area (Å²) < 4.78 is 6.29. The molecule has 0 radical (unpaired) electrons. The summed E-state index contributed by atoms with van der Waals surface area (Å²) in [4.78, 5) is 0. The molecule has 2 aromatic carbocycles. The van der Waals surface area contributed by atoms with Crippen molar-refractivity contribution in [2.45, 2.75) is 31.3 Å². The normalized spacial score (nSPS) is 27.5. The van der Waals surface area contributed by atoms with Gasteiger partial charge >= 0.3 is 0 Å². The summed E-state index contributed by atoms with van der Waals surface area (Å²) in [6.45, 7) is 0. The van der Waals surface area contributed by atoms with E-state index in [4.69, 9.17) is 4.74 Å². The Kier molecular flexibility index (Phi) is 2.69. The Balaban J connectivity index is 1.76. The van der Waals surface area contributed by atoms with Gasteiger partial charge in [0.2, 0.25) is 0 Å². The molecule has 2 aromatic rings. The zero-order chi connectivity index (χ0) is 13.5. The lowest BCUT2D eigenvalue weighted by Crippen LogP contribution is -2.26. The monoisotopic (exact) mass is 266 g/mol. The Hall–Kier alpha value is -1.96. The third kappa shape index (κ3) is 1.79. The number of ether oxygens (including phenoxy) is 1. The molecular weight excluding hydrogens is 248 g/mol. The molecule has 3 atom stereocenters. The lowest BCUT2D eigenvalue weighted by molar-refractivity contribution is 0.104. The second-order valence-electron chi connectivity index (χ2n) is 5.87. The Morgan fingerprint density at radius 2 is 1.75 bits per heavy atom. The average molecular weight is 266 g/mol. The van der Waals surface area contributed by atoms with Crippen LogP contribution in [0.2, 0.25) is 0 Å². The first kappa shape index (κ1) is 11.8. The first-order chi connectivity index (χ1) is 9.83. The molecule has 0 bridgehead atoms. The molecule has 2 aliphatic rings. The Morgan fingerprint density at radius 1 is 0.950 bits per heavy atom. The smallest absolute Gasteiger partial charge is 0.127 e. The van der Waals surface area contributed by atoms with Crippen LogP contribution < -0.4 is 4.74 Å². The highest BCUT2D eigenvalue weighted by Gasteiger charge is 2.41. The van der Waals surface area contributed by atoms with Crippen molar-refractivity contribution in [2.24, 2.45) is 5.92 Å². The molecule has 1 aliphatic heterocycles. The molecule has 1 N–H and O–H groups in total. The van der Waals surface area contributed by atoms with E-state index in [0.717, 1.165) is 5.75 Å². The summed E-state index contributed by atoms with van der Waals surface area (Å²) in [5, 5.41) is 9.46. The van der Waals surface area contributed by atoms with Gasteiger partial charge in [-0.25, -0.2) is 0 Å². The van der Waals surface area contributed by atoms with Gasteiger partial charge in [0.25, 0.3) is 0 Å². The van der Waals surface area contributed by atoms with Crippen molar-refractivity contribution in [3.8, 4) is 11.5 Å². The number of hydrogen-bond donors (Lipinski definition) is 1. The van der Waals surface area contributed by atoms with Crippen LogP contribution in [0.3, 0.4) is 0 Å². The van der Waals surface area contributed by atoms with E-state index >= 15 is 0 Å². The van der Waals surface area contributed by atoms with Gasteiger partial charge in [-0.05, 0) is 48.1 Å². The maximum atomic E-state index is 9.46. The van der Waals surface area contributed by atoms with E-state index in [9.17, 15) is 5.11 Å². The van der Waals surface area contributed by atoms with Gasteiger partial charge in [0.15, 0.2) is 0 Å². The minimum atomic E-state index is 0.123. The molecule has 0 saturated heterocycles. The third-order valence-corrected chi connectivity index (χ3v) is 4.75. The van der Waals surface area contributed by atoms with Crippen molar-refractivity contribution < 1.29 is 9.84 Å². The van der Waals surface area contributed by atoms with Gasteiger partial charge in [0.1, 0.15) is 17.6 Å². The van der Waals surface area contributed by atoms with Crippen LogP contribution in [0.5, 0.6) is 11.5 Å². The summed E-state index contributed by atoms with van der Waals surface area (Å²) in [7, 11) is 0. The minimum Gasteiger partial charge on any atom is -0.508 e. The number of rotatable bonds is 1. The topological polar surface area (TPSA) is 29.5 Å². The highest BCUT2D eigenvalue weighted by atomic mass is 16.5. The van der Waals surface area contributed by atoms with Gasteiger partial charge in [-0.3, -0.25) is 0 Å². The quantitative estimate of drug-likeness (QED) is 0.828. The molecular formula is C18H18O2. The number of benzene rings is 2. The van der Waals surface area contributed by atoms with Crippen LogP contribution >= 0.6 is 0 Å². The van der Waals surface area contributed by atoms with Gasteiger partial charge in [0.05, 0.1) is 0 Å². The summed E-state index contributed by atoms with van der Waals surface area (Å²) in [5.74, 6) is 2.54. The van der Waals surface area contributed by atoms with E-state index in [0.29, 0.717) is 17.6 Å². The van der Waals surface area contributed by atoms with E-state index in [1.54, 1.807) is 12.1 Å². The molecule has 0 amide bonds. The van der Waals surface area contributed by atoms with Gasteiger partial charge in [-0.2, -0.15) is 0 Å². The fourth-order valence-electron chi connectivity index (χ4n) is 3.83. The van der Waals surface area contributed by atoms with Gasteiger partial charge in [-0.1, -0.05) is 36.8 Å². The molecule has 4 rings (SSSR count). The van der Waals surface area contributed by atoms with E-state index in [1.165, 1.54) is 30.4 Å². The van der Waals surface area contributed by atoms with Crippen LogP contribution in [0.1, 0.15) is 42.4 Å². The zero-order valence-corrected chi connectivity index (χ0v) is 11.3. The fourth-order valence-corrected chi connectivity index (χ4v) is 3.83. The van der Waals surface area contributed by atoms with Crippen molar-refractivity contribution in [3.05, 3.63) is 59.7 Å². The zero-order valence-electron chi connectivity index (χ0n) is 11.3. The Labute approximate surface area is 119 Å². The standard InChI is InChI=1S/C18H18O2/c19-13-10-8-12(9-11-13)18-16-6-3-5-14(16)15-4-1-2-7-17(15)20-18/h1-2,4,7-11,14,16,18-19H,3,5-6H2/t14-,16-,18-/m0/s1. The predicted molar refractivity (Wildman–Crippen MR) is 78.0 cm³/mol. The van der Waals surface area contributed by atoms with Crippen molar-refractivity contribution >= 4 is 0 Å². The maximum Gasteiger partial charge on any atom is 0.127 e. The first-order valence-electron chi connectivity index (χ1n) is 7.37. The third-order valence-electron chi connectivity index (χ3n) is 4.75. The van der Waals surface area contributed by atoms with Crippen LogP contribution in [0.25, 0.3) is 0 Å². The average Bonchev–Trinajstić information content (AvgIpc) is 2.97. The number of fused-ring (bicyclic) bond motifs is 3. The Morgan fingerprint density at radius 3 is 2.60 bits per heavy atom. The van der Waals surface area contributed by atoms with Crippen molar-refractivity contribution in [2.75, 3.05) is 0 Å². The van der Waals surface area contributed by atoms with E-state index in [2.05, 4.69) is 18.2 Å². The van der Waals surface area contributed by atoms with Gasteiger partial charge < -0.3 is 9.84 Å². The van der Waals surface area contributed by atoms with Crippen LogP contribution in [0, 0.1) is 5.92 Å². The molecule has 1 aliphatic carbocycles. The number of aromatic hydroxyl groups is 1. The lowest BCUT2D eigenvalue weighted by atomic mass is 9.80. The molecule has 2 heteroatoms. The summed E-state index contributed by atoms with van der Waals surface area (Å²) in [6, 6.07) is 15.9. The molecule has 2 nitrogen and oxygen atoms in total. The molecule has 0 unspecified atom stereocenters. The van der Waals surface area contributed by atoms with Crippen LogP contribution in [0.4, 0.5) is 0 Å². The van der Waals surface area contributed by atoms with E-state index in [-0.39, 0.29) is 6.10 Å². The molecule has 0 spiro atoms.